The van der Waals surface area contributed by atoms with E-state index in [9.17, 15) is 0 Å². The summed E-state index contributed by atoms with van der Waals surface area (Å²) in [5.41, 5.74) is 5.42. The second kappa shape index (κ2) is 7.82. The van der Waals surface area contributed by atoms with Crippen molar-refractivity contribution in [1.82, 2.24) is 5.32 Å². The largest absolute Gasteiger partial charge is 0.396 e. The Balaban J connectivity index is 2.66. The molecule has 0 bridgehead atoms. The van der Waals surface area contributed by atoms with E-state index in [0.29, 0.717) is 6.04 Å². The first-order valence-electron chi connectivity index (χ1n) is 6.48. The van der Waals surface area contributed by atoms with Crippen LogP contribution < -0.4 is 5.32 Å². The zero-order valence-corrected chi connectivity index (χ0v) is 12.7. The molecule has 2 nitrogen and oxygen atoms in total. The van der Waals surface area contributed by atoms with Gasteiger partial charge < -0.3 is 10.4 Å². The summed E-state index contributed by atoms with van der Waals surface area (Å²) in [6.45, 7) is 7.63. The van der Waals surface area contributed by atoms with Gasteiger partial charge in [0.1, 0.15) is 0 Å². The molecular weight excluding hydrogens is 242 g/mol. The number of hydrogen-bond acceptors (Lipinski definition) is 3. The molecule has 0 spiro atoms. The van der Waals surface area contributed by atoms with Gasteiger partial charge in [0.15, 0.2) is 0 Å². The van der Waals surface area contributed by atoms with Crippen molar-refractivity contribution in [2.45, 2.75) is 39.8 Å². The second-order valence-corrected chi connectivity index (χ2v) is 5.83. The fraction of sp³-hybridized carbons (Fsp3) is 0.600. The maximum Gasteiger partial charge on any atom is 0.0446 e. The number of benzene rings is 1. The van der Waals surface area contributed by atoms with Crippen molar-refractivity contribution < 1.29 is 5.11 Å². The van der Waals surface area contributed by atoms with E-state index in [4.69, 9.17) is 5.11 Å². The zero-order valence-electron chi connectivity index (χ0n) is 11.9. The molecule has 1 aromatic carbocycles. The lowest BCUT2D eigenvalue weighted by molar-refractivity contribution is 0.269. The molecule has 0 saturated heterocycles. The van der Waals surface area contributed by atoms with Crippen LogP contribution in [0.25, 0.3) is 0 Å². The van der Waals surface area contributed by atoms with E-state index in [1.54, 1.807) is 0 Å². The third kappa shape index (κ3) is 4.63. The molecule has 0 aliphatic rings. The Bertz CT molecular complexity index is 350. The van der Waals surface area contributed by atoms with Crippen molar-refractivity contribution in [2.24, 2.45) is 0 Å². The Morgan fingerprint density at radius 2 is 1.83 bits per heavy atom. The summed E-state index contributed by atoms with van der Waals surface area (Å²) in [7, 11) is 0. The van der Waals surface area contributed by atoms with Gasteiger partial charge in [0.2, 0.25) is 0 Å². The van der Waals surface area contributed by atoms with Gasteiger partial charge in [0.25, 0.3) is 0 Å². The van der Waals surface area contributed by atoms with Gasteiger partial charge in [-0.3, -0.25) is 0 Å². The Labute approximate surface area is 115 Å². The normalized spacial score (nSPS) is 12.7. The van der Waals surface area contributed by atoms with Crippen LogP contribution in [0.1, 0.15) is 28.7 Å². The first kappa shape index (κ1) is 15.5. The summed E-state index contributed by atoms with van der Waals surface area (Å²) in [6, 6.07) is 4.87. The maximum absolute atomic E-state index is 9.06. The number of aliphatic hydroxyl groups is 1. The van der Waals surface area contributed by atoms with Crippen LogP contribution in [-0.4, -0.2) is 29.8 Å². The molecule has 102 valence electrons. The zero-order chi connectivity index (χ0) is 13.5. The van der Waals surface area contributed by atoms with Gasteiger partial charge >= 0.3 is 0 Å². The lowest BCUT2D eigenvalue weighted by Crippen LogP contribution is -2.32. The molecule has 1 rings (SSSR count). The fourth-order valence-electron chi connectivity index (χ4n) is 2.34. The van der Waals surface area contributed by atoms with Crippen LogP contribution in [0.2, 0.25) is 0 Å². The van der Waals surface area contributed by atoms with E-state index in [1.807, 2.05) is 11.8 Å². The van der Waals surface area contributed by atoms with Gasteiger partial charge in [-0.25, -0.2) is 0 Å². The van der Waals surface area contributed by atoms with Gasteiger partial charge in [-0.1, -0.05) is 17.7 Å². The summed E-state index contributed by atoms with van der Waals surface area (Å²) in [5, 5.41) is 12.6. The Hall–Kier alpha value is -0.510. The molecule has 0 aliphatic carbocycles. The molecule has 0 aromatic heterocycles. The molecule has 18 heavy (non-hydrogen) atoms. The van der Waals surface area contributed by atoms with Gasteiger partial charge in [0, 0.05) is 24.9 Å². The van der Waals surface area contributed by atoms with E-state index in [1.165, 1.54) is 22.3 Å². The topological polar surface area (TPSA) is 32.3 Å². The van der Waals surface area contributed by atoms with Crippen molar-refractivity contribution in [3.63, 3.8) is 0 Å². The Kier molecular flexibility index (Phi) is 6.76. The molecular formula is C15H25NOS. The smallest absolute Gasteiger partial charge is 0.0446 e. The van der Waals surface area contributed by atoms with E-state index in [2.05, 4.69) is 44.5 Å². The maximum atomic E-state index is 9.06. The van der Waals surface area contributed by atoms with Crippen LogP contribution in [0.4, 0.5) is 0 Å². The monoisotopic (exact) mass is 267 g/mol. The summed E-state index contributed by atoms with van der Waals surface area (Å²) in [4.78, 5) is 0. The molecule has 0 radical (unpaired) electrons. The lowest BCUT2D eigenvalue weighted by atomic mass is 9.99. The molecule has 3 heteroatoms. The van der Waals surface area contributed by atoms with Gasteiger partial charge in [0.05, 0.1) is 0 Å². The predicted octanol–water partition coefficient (Wildman–Crippen LogP) is 2.82. The highest BCUT2D eigenvalue weighted by atomic mass is 32.2. The van der Waals surface area contributed by atoms with Crippen LogP contribution in [-0.2, 0) is 6.54 Å². The van der Waals surface area contributed by atoms with Crippen molar-refractivity contribution in [3.8, 4) is 0 Å². The SMILES string of the molecule is CSCC(CCO)NCc1c(C)cc(C)cc1C. The van der Waals surface area contributed by atoms with E-state index < -0.39 is 0 Å². The molecule has 0 amide bonds. The second-order valence-electron chi connectivity index (χ2n) is 4.92. The van der Waals surface area contributed by atoms with Crippen LogP contribution in [0.3, 0.4) is 0 Å². The van der Waals surface area contributed by atoms with Crippen LogP contribution >= 0.6 is 11.8 Å². The average molecular weight is 267 g/mol. The predicted molar refractivity (Wildman–Crippen MR) is 81.4 cm³/mol. The van der Waals surface area contributed by atoms with E-state index in [0.717, 1.165) is 18.7 Å². The lowest BCUT2D eigenvalue weighted by Gasteiger charge is -2.19. The number of hydrogen-bond donors (Lipinski definition) is 2. The standard InChI is InChI=1S/C15H25NOS/c1-11-7-12(2)15(13(3)8-11)9-16-14(5-6-17)10-18-4/h7-8,14,16-17H,5-6,9-10H2,1-4H3. The molecule has 0 heterocycles. The molecule has 1 atom stereocenters. The number of aryl methyl sites for hydroxylation is 3. The minimum absolute atomic E-state index is 0.254. The first-order chi connectivity index (χ1) is 8.58. The van der Waals surface area contributed by atoms with E-state index in [-0.39, 0.29) is 6.61 Å². The number of rotatable bonds is 7. The third-order valence-corrected chi connectivity index (χ3v) is 3.99. The number of nitrogens with one attached hydrogen (secondary N) is 1. The Morgan fingerprint density at radius 1 is 1.22 bits per heavy atom. The molecule has 0 fully saturated rings. The summed E-state index contributed by atoms with van der Waals surface area (Å²) in [5.74, 6) is 1.05. The van der Waals surface area contributed by atoms with Crippen LogP contribution in [0, 0.1) is 20.8 Å². The fourth-order valence-corrected chi connectivity index (χ4v) is 3.02. The molecule has 0 saturated carbocycles. The summed E-state index contributed by atoms with van der Waals surface area (Å²) in [6.07, 6.45) is 2.93. The number of aliphatic hydroxyl groups excluding tert-OH is 1. The van der Waals surface area contributed by atoms with Crippen LogP contribution in [0.5, 0.6) is 0 Å². The van der Waals surface area contributed by atoms with Crippen LogP contribution in [0.15, 0.2) is 12.1 Å². The van der Waals surface area contributed by atoms with E-state index >= 15 is 0 Å². The van der Waals surface area contributed by atoms with Gasteiger partial charge in [-0.05, 0) is 50.1 Å². The highest BCUT2D eigenvalue weighted by Crippen LogP contribution is 2.16. The molecule has 1 unspecified atom stereocenters. The molecule has 2 N–H and O–H groups in total. The van der Waals surface area contributed by atoms with Gasteiger partial charge in [-0.2, -0.15) is 11.8 Å². The van der Waals surface area contributed by atoms with Crippen molar-refractivity contribution in [3.05, 3.63) is 34.4 Å². The molecule has 1 aromatic rings. The third-order valence-electron chi connectivity index (χ3n) is 3.25. The first-order valence-corrected chi connectivity index (χ1v) is 7.87. The molecule has 0 aliphatic heterocycles. The summed E-state index contributed by atoms with van der Waals surface area (Å²) >= 11 is 1.82. The highest BCUT2D eigenvalue weighted by Gasteiger charge is 2.09. The van der Waals surface area contributed by atoms with Crippen molar-refractivity contribution in [1.29, 1.82) is 0 Å². The van der Waals surface area contributed by atoms with Gasteiger partial charge in [-0.15, -0.1) is 0 Å². The average Bonchev–Trinajstić information content (AvgIpc) is 2.28. The Morgan fingerprint density at radius 3 is 2.33 bits per heavy atom. The van der Waals surface area contributed by atoms with Crippen molar-refractivity contribution in [2.75, 3.05) is 18.6 Å². The summed E-state index contributed by atoms with van der Waals surface area (Å²) < 4.78 is 0. The van der Waals surface area contributed by atoms with Crippen molar-refractivity contribution >= 4 is 11.8 Å². The minimum Gasteiger partial charge on any atom is -0.396 e. The quantitative estimate of drug-likeness (QED) is 0.797. The number of thioether (sulfide) groups is 1. The minimum atomic E-state index is 0.254. The highest BCUT2D eigenvalue weighted by molar-refractivity contribution is 7.98.